The second kappa shape index (κ2) is 18.5. The molecule has 0 aliphatic rings. The van der Waals surface area contributed by atoms with Crippen LogP contribution >= 0.6 is 12.4 Å². The van der Waals surface area contributed by atoms with Gasteiger partial charge in [0.15, 0.2) is 17.4 Å². The highest BCUT2D eigenvalue weighted by atomic mass is 35.5. The average Bonchev–Trinajstić information content (AvgIpc) is 1.37. The van der Waals surface area contributed by atoms with Crippen molar-refractivity contribution in [3.8, 4) is 0 Å². The van der Waals surface area contributed by atoms with Crippen molar-refractivity contribution in [3.63, 3.8) is 0 Å². The van der Waals surface area contributed by atoms with E-state index in [4.69, 9.17) is 0 Å². The van der Waals surface area contributed by atoms with Gasteiger partial charge in [0, 0.05) is 0 Å². The van der Waals surface area contributed by atoms with Gasteiger partial charge in [-0.25, -0.2) is 0 Å². The lowest BCUT2D eigenvalue weighted by Gasteiger charge is -1.44. The molecule has 0 fully saturated rings. The minimum atomic E-state index is 0. The molecule has 0 N–H and O–H groups in total. The molecule has 0 aromatic rings. The summed E-state index contributed by atoms with van der Waals surface area (Å²) < 4.78 is 0. The summed E-state index contributed by atoms with van der Waals surface area (Å²) in [5.41, 5.74) is 0. The Hall–Kier alpha value is 0.302. The van der Waals surface area contributed by atoms with Gasteiger partial charge in [0.2, 0.25) is 0 Å². The lowest BCUT2D eigenvalue weighted by molar-refractivity contribution is 2.15. The molecule has 6 heavy (non-hydrogen) atoms. The van der Waals surface area contributed by atoms with Crippen LogP contribution in [0.2, 0.25) is 0 Å². The molecule has 0 heterocycles. The van der Waals surface area contributed by atoms with Crippen molar-refractivity contribution in [2.75, 3.05) is 0 Å². The van der Waals surface area contributed by atoms with Crippen molar-refractivity contribution in [2.24, 2.45) is 0 Å². The van der Waals surface area contributed by atoms with Crippen molar-refractivity contribution in [1.82, 2.24) is 0 Å². The summed E-state index contributed by atoms with van der Waals surface area (Å²) in [6.45, 7) is 6.72. The molecule has 0 nitrogen and oxygen atoms in total. The molecule has 2 heteroatoms. The minimum Gasteiger partial charge on any atom is -0.147 e. The van der Waals surface area contributed by atoms with Gasteiger partial charge in [-0.2, -0.15) is 0 Å². The van der Waals surface area contributed by atoms with Gasteiger partial charge in [0.05, 0.1) is 0 Å². The van der Waals surface area contributed by atoms with Gasteiger partial charge in [-0.05, 0) is 0 Å². The van der Waals surface area contributed by atoms with Gasteiger partial charge >= 0.3 is 0 Å². The lowest BCUT2D eigenvalue weighted by atomic mass is 10.6. The summed E-state index contributed by atoms with van der Waals surface area (Å²) in [6.07, 6.45) is 3.28. The third kappa shape index (κ3) is 27.7. The molecule has 0 atom stereocenters. The van der Waals surface area contributed by atoms with E-state index in [1.165, 1.54) is 0 Å². The second-order valence-corrected chi connectivity index (χ2v) is 0.471. The molecule has 0 aliphatic carbocycles. The van der Waals surface area contributed by atoms with Gasteiger partial charge in [-0.3, -0.25) is 0 Å². The first-order chi connectivity index (χ1) is 1.91. The third-order valence-corrected chi connectivity index (χ3v) is 0.167. The molecule has 0 aliphatic heterocycles. The van der Waals surface area contributed by atoms with Crippen LogP contribution in [0.4, 0.5) is 0 Å². The van der Waals surface area contributed by atoms with Crippen LogP contribution in [0.25, 0.3) is 0 Å². The molecular formula is C4H10AlCl. The van der Waals surface area contributed by atoms with E-state index in [1.54, 1.807) is 12.2 Å². The van der Waals surface area contributed by atoms with Crippen LogP contribution in [0.15, 0.2) is 25.3 Å². The maximum absolute atomic E-state index is 3.36. The maximum Gasteiger partial charge on any atom is 0.187 e. The number of hydrogen-bond acceptors (Lipinski definition) is 0. The number of allylic oxidation sites excluding steroid dienone is 2. The monoisotopic (exact) mass is 120 g/mol. The Labute approximate surface area is 55.5 Å². The Morgan fingerprint density at radius 1 is 1.00 bits per heavy atom. The van der Waals surface area contributed by atoms with Crippen LogP contribution in [-0.4, -0.2) is 17.4 Å². The third-order valence-electron chi connectivity index (χ3n) is 0.167. The summed E-state index contributed by atoms with van der Waals surface area (Å²) >= 11 is 0. The Morgan fingerprint density at radius 3 is 1.17 bits per heavy atom. The molecule has 0 rings (SSSR count). The molecule has 0 aromatic heterocycles. The summed E-state index contributed by atoms with van der Waals surface area (Å²) in [5.74, 6) is 0. The largest absolute Gasteiger partial charge is 0.187 e. The van der Waals surface area contributed by atoms with Crippen LogP contribution in [-0.2, 0) is 0 Å². The quantitative estimate of drug-likeness (QED) is 0.351. The zero-order valence-corrected chi connectivity index (χ0v) is 3.79. The van der Waals surface area contributed by atoms with Crippen molar-refractivity contribution in [3.05, 3.63) is 25.3 Å². The molecule has 0 saturated heterocycles. The number of halogens is 1. The fourth-order valence-electron chi connectivity index (χ4n) is 0. The summed E-state index contributed by atoms with van der Waals surface area (Å²) in [5, 5.41) is 0. The molecule has 0 amide bonds. The Kier molecular flexibility index (Phi) is 50.1. The van der Waals surface area contributed by atoms with Crippen LogP contribution in [0, 0.1) is 0 Å². The fourth-order valence-corrected chi connectivity index (χ4v) is 0. The summed E-state index contributed by atoms with van der Waals surface area (Å²) in [7, 11) is 0. The van der Waals surface area contributed by atoms with Gasteiger partial charge in [0.25, 0.3) is 0 Å². The Bertz CT molecular complexity index is 28.5. The van der Waals surface area contributed by atoms with Gasteiger partial charge < -0.3 is 0 Å². The zero-order chi connectivity index (χ0) is 3.41. The fraction of sp³-hybridized carbons (Fsp3) is 0. The normalized spacial score (nSPS) is 3.33. The molecule has 36 valence electrons. The van der Waals surface area contributed by atoms with Gasteiger partial charge in [-0.1, -0.05) is 25.3 Å². The maximum atomic E-state index is 3.36. The second-order valence-electron chi connectivity index (χ2n) is 0.471. The molecule has 0 bridgehead atoms. The van der Waals surface area contributed by atoms with E-state index in [1.807, 2.05) is 0 Å². The molecule has 0 spiro atoms. The van der Waals surface area contributed by atoms with E-state index < -0.39 is 0 Å². The van der Waals surface area contributed by atoms with Crippen LogP contribution in [0.1, 0.15) is 0 Å². The highest BCUT2D eigenvalue weighted by molar-refractivity contribution is 5.85. The summed E-state index contributed by atoms with van der Waals surface area (Å²) in [4.78, 5) is 0. The molecule has 0 unspecified atom stereocenters. The first-order valence-electron chi connectivity index (χ1n) is 1.15. The standard InChI is InChI=1S/C4H6.Al.ClH.3H/c1-3-4-2;;;;;/h3-4H,1-2H2;;1H;;;. The van der Waals surface area contributed by atoms with Crippen molar-refractivity contribution < 1.29 is 0 Å². The van der Waals surface area contributed by atoms with E-state index in [-0.39, 0.29) is 29.8 Å². The van der Waals surface area contributed by atoms with Crippen molar-refractivity contribution in [2.45, 2.75) is 0 Å². The first kappa shape index (κ1) is 16.2. The van der Waals surface area contributed by atoms with Crippen LogP contribution in [0.5, 0.6) is 0 Å². The molecule has 0 saturated carbocycles. The van der Waals surface area contributed by atoms with E-state index in [2.05, 4.69) is 13.2 Å². The van der Waals surface area contributed by atoms with E-state index in [9.17, 15) is 0 Å². The lowest BCUT2D eigenvalue weighted by Crippen LogP contribution is -1.21. The van der Waals surface area contributed by atoms with E-state index in [0.29, 0.717) is 0 Å². The summed E-state index contributed by atoms with van der Waals surface area (Å²) in [6, 6.07) is 0. The number of rotatable bonds is 1. The van der Waals surface area contributed by atoms with Crippen LogP contribution < -0.4 is 0 Å². The first-order valence-corrected chi connectivity index (χ1v) is 1.15. The van der Waals surface area contributed by atoms with Crippen molar-refractivity contribution in [1.29, 1.82) is 0 Å². The van der Waals surface area contributed by atoms with Gasteiger partial charge in [0.1, 0.15) is 0 Å². The van der Waals surface area contributed by atoms with Gasteiger partial charge in [-0.15, -0.1) is 12.4 Å². The van der Waals surface area contributed by atoms with Crippen LogP contribution in [0.3, 0.4) is 0 Å². The van der Waals surface area contributed by atoms with E-state index in [0.717, 1.165) is 0 Å². The van der Waals surface area contributed by atoms with Crippen molar-refractivity contribution >= 4 is 29.8 Å². The predicted octanol–water partition coefficient (Wildman–Crippen LogP) is 0.596. The predicted molar refractivity (Wildman–Crippen MR) is 37.6 cm³/mol. The molecule has 0 aromatic carbocycles. The minimum absolute atomic E-state index is 0. The topological polar surface area (TPSA) is 0 Å². The zero-order valence-electron chi connectivity index (χ0n) is 2.98. The average molecular weight is 121 g/mol. The highest BCUT2D eigenvalue weighted by Crippen LogP contribution is 1.52. The van der Waals surface area contributed by atoms with E-state index >= 15 is 0 Å². The molecular weight excluding hydrogens is 110 g/mol. The highest BCUT2D eigenvalue weighted by Gasteiger charge is 1.29. The SMILES string of the molecule is C=CC=C.Cl.[AlH3]. The Morgan fingerprint density at radius 2 is 1.17 bits per heavy atom. The smallest absolute Gasteiger partial charge is 0.147 e. The number of hydrogen-bond donors (Lipinski definition) is 0. The molecule has 0 radical (unpaired) electrons. The Balaban J connectivity index is -0.0000000450.